The lowest BCUT2D eigenvalue weighted by Crippen LogP contribution is -2.52. The molecule has 4 rings (SSSR count). The zero-order valence-electron chi connectivity index (χ0n) is 17.9. The van der Waals surface area contributed by atoms with E-state index in [1.54, 1.807) is 6.07 Å². The summed E-state index contributed by atoms with van der Waals surface area (Å²) in [6.45, 7) is 8.11. The van der Waals surface area contributed by atoms with Crippen molar-refractivity contribution in [2.75, 3.05) is 0 Å². The van der Waals surface area contributed by atoms with Gasteiger partial charge in [-0.3, -0.25) is 4.79 Å². The van der Waals surface area contributed by atoms with Crippen LogP contribution in [-0.4, -0.2) is 22.8 Å². The number of ether oxygens (including phenoxy) is 2. The minimum atomic E-state index is -0.847. The Morgan fingerprint density at radius 2 is 2.00 bits per heavy atom. The van der Waals surface area contributed by atoms with Crippen LogP contribution in [0.5, 0.6) is 5.75 Å². The molecule has 1 N–H and O–H groups in total. The SMILES string of the molecule is Cc1cc(C)c2c(c1)[C@H]1O[C@@H](CCc3cccc(F)c3)[C@H](C(=O)O)C[C@@H]1C(C)(C)O2. The summed E-state index contributed by atoms with van der Waals surface area (Å²) in [7, 11) is 0. The van der Waals surface area contributed by atoms with E-state index in [0.717, 1.165) is 28.0 Å². The van der Waals surface area contributed by atoms with E-state index in [9.17, 15) is 14.3 Å². The molecule has 4 nitrogen and oxygen atoms in total. The van der Waals surface area contributed by atoms with Gasteiger partial charge in [0, 0.05) is 11.5 Å². The van der Waals surface area contributed by atoms with Crippen LogP contribution in [0.15, 0.2) is 36.4 Å². The van der Waals surface area contributed by atoms with Crippen molar-refractivity contribution in [3.8, 4) is 5.75 Å². The third kappa shape index (κ3) is 3.83. The fraction of sp³-hybridized carbons (Fsp3) is 0.480. The van der Waals surface area contributed by atoms with Crippen LogP contribution >= 0.6 is 0 Å². The standard InChI is InChI=1S/C25H29FO4/c1-14-10-15(2)22-19(11-14)23-20(25(3,4)30-22)13-18(24(27)28)21(29-23)9-8-16-6-5-7-17(26)12-16/h5-7,10-12,18,20-21,23H,8-9,13H2,1-4H3,(H,27,28)/t18-,20+,21+,23-/m1/s1. The molecule has 30 heavy (non-hydrogen) atoms. The van der Waals surface area contributed by atoms with Gasteiger partial charge in [0.1, 0.15) is 17.2 Å². The summed E-state index contributed by atoms with van der Waals surface area (Å²) in [5, 5.41) is 9.91. The van der Waals surface area contributed by atoms with E-state index in [1.165, 1.54) is 12.1 Å². The number of fused-ring (bicyclic) bond motifs is 3. The van der Waals surface area contributed by atoms with E-state index in [4.69, 9.17) is 9.47 Å². The first kappa shape index (κ1) is 20.9. The van der Waals surface area contributed by atoms with Crippen LogP contribution in [-0.2, 0) is 16.0 Å². The van der Waals surface area contributed by atoms with Crippen LogP contribution in [0.4, 0.5) is 4.39 Å². The Morgan fingerprint density at radius 1 is 1.23 bits per heavy atom. The predicted molar refractivity (Wildman–Crippen MR) is 112 cm³/mol. The second kappa shape index (κ2) is 7.69. The third-order valence-corrected chi connectivity index (χ3v) is 6.58. The fourth-order valence-corrected chi connectivity index (χ4v) is 5.07. The highest BCUT2D eigenvalue weighted by molar-refractivity contribution is 5.71. The zero-order chi connectivity index (χ0) is 21.6. The Balaban J connectivity index is 1.65. The van der Waals surface area contributed by atoms with Gasteiger partial charge in [-0.15, -0.1) is 0 Å². The molecule has 0 aromatic heterocycles. The van der Waals surface area contributed by atoms with Crippen molar-refractivity contribution >= 4 is 5.97 Å². The summed E-state index contributed by atoms with van der Waals surface area (Å²) >= 11 is 0. The fourth-order valence-electron chi connectivity index (χ4n) is 5.07. The number of benzene rings is 2. The van der Waals surface area contributed by atoms with Crippen molar-refractivity contribution in [3.63, 3.8) is 0 Å². The Bertz CT molecular complexity index is 968. The van der Waals surface area contributed by atoms with Crippen LogP contribution in [0.1, 0.15) is 55.0 Å². The highest BCUT2D eigenvalue weighted by Gasteiger charge is 2.52. The Kier molecular flexibility index (Phi) is 5.35. The number of aryl methyl sites for hydroxylation is 3. The van der Waals surface area contributed by atoms with Crippen LogP contribution in [0.3, 0.4) is 0 Å². The molecule has 0 amide bonds. The number of carbonyl (C=O) groups is 1. The van der Waals surface area contributed by atoms with Crippen LogP contribution in [0.25, 0.3) is 0 Å². The molecule has 2 aliphatic heterocycles. The first-order valence-corrected chi connectivity index (χ1v) is 10.6. The predicted octanol–water partition coefficient (Wildman–Crippen LogP) is 5.39. The normalized spacial score (nSPS) is 27.0. The quantitative estimate of drug-likeness (QED) is 0.731. The van der Waals surface area contributed by atoms with Crippen molar-refractivity contribution in [1.29, 1.82) is 0 Å². The third-order valence-electron chi connectivity index (χ3n) is 6.58. The number of carboxylic acids is 1. The smallest absolute Gasteiger partial charge is 0.309 e. The summed E-state index contributed by atoms with van der Waals surface area (Å²) in [6.07, 6.45) is 0.951. The molecule has 2 aliphatic rings. The monoisotopic (exact) mass is 412 g/mol. The van der Waals surface area contributed by atoms with Gasteiger partial charge in [-0.1, -0.05) is 23.8 Å². The maximum Gasteiger partial charge on any atom is 0.309 e. The lowest BCUT2D eigenvalue weighted by atomic mass is 9.71. The van der Waals surface area contributed by atoms with E-state index in [1.807, 2.05) is 33.8 Å². The first-order valence-electron chi connectivity index (χ1n) is 10.6. The van der Waals surface area contributed by atoms with Crippen molar-refractivity contribution in [1.82, 2.24) is 0 Å². The molecule has 2 aromatic rings. The first-order chi connectivity index (χ1) is 14.2. The minimum Gasteiger partial charge on any atom is -0.487 e. The molecule has 4 atom stereocenters. The van der Waals surface area contributed by atoms with Gasteiger partial charge in [-0.05, 0) is 76.3 Å². The molecule has 0 radical (unpaired) electrons. The molecule has 0 spiro atoms. The lowest BCUT2D eigenvalue weighted by Gasteiger charge is -2.50. The highest BCUT2D eigenvalue weighted by atomic mass is 19.1. The molecule has 0 unspecified atom stereocenters. The van der Waals surface area contributed by atoms with Gasteiger partial charge in [0.05, 0.1) is 18.1 Å². The average Bonchev–Trinajstić information content (AvgIpc) is 2.67. The van der Waals surface area contributed by atoms with E-state index in [-0.39, 0.29) is 17.8 Å². The van der Waals surface area contributed by atoms with Crippen molar-refractivity contribution < 1.29 is 23.8 Å². The van der Waals surface area contributed by atoms with Crippen molar-refractivity contribution in [2.45, 2.75) is 64.8 Å². The number of hydrogen-bond acceptors (Lipinski definition) is 3. The number of hydrogen-bond donors (Lipinski definition) is 1. The van der Waals surface area contributed by atoms with E-state index < -0.39 is 23.6 Å². The summed E-state index contributed by atoms with van der Waals surface area (Å²) in [6, 6.07) is 10.7. The largest absolute Gasteiger partial charge is 0.487 e. The molecule has 1 fully saturated rings. The van der Waals surface area contributed by atoms with Crippen LogP contribution < -0.4 is 4.74 Å². The van der Waals surface area contributed by atoms with Gasteiger partial charge in [-0.2, -0.15) is 0 Å². The van der Waals surface area contributed by atoms with Gasteiger partial charge >= 0.3 is 5.97 Å². The molecule has 5 heteroatoms. The number of rotatable bonds is 4. The van der Waals surface area contributed by atoms with Crippen LogP contribution in [0, 0.1) is 31.5 Å². The zero-order valence-corrected chi connectivity index (χ0v) is 17.9. The average molecular weight is 413 g/mol. The molecule has 2 aromatic carbocycles. The summed E-state index contributed by atoms with van der Waals surface area (Å²) in [5.41, 5.74) is 3.53. The summed E-state index contributed by atoms with van der Waals surface area (Å²) in [4.78, 5) is 12.1. The molecular weight excluding hydrogens is 383 g/mol. The Labute approximate surface area is 177 Å². The van der Waals surface area contributed by atoms with Gasteiger partial charge in [0.2, 0.25) is 0 Å². The highest BCUT2D eigenvalue weighted by Crippen LogP contribution is 2.53. The van der Waals surface area contributed by atoms with Gasteiger partial charge in [0.15, 0.2) is 0 Å². The van der Waals surface area contributed by atoms with Crippen molar-refractivity contribution in [2.24, 2.45) is 11.8 Å². The molecule has 0 bridgehead atoms. The van der Waals surface area contributed by atoms with E-state index in [2.05, 4.69) is 12.1 Å². The number of halogens is 1. The number of aliphatic carboxylic acids is 1. The summed E-state index contributed by atoms with van der Waals surface area (Å²) in [5.74, 6) is -0.949. The van der Waals surface area contributed by atoms with E-state index in [0.29, 0.717) is 19.3 Å². The summed E-state index contributed by atoms with van der Waals surface area (Å²) < 4.78 is 26.4. The number of carboxylic acid groups (broad SMARTS) is 1. The maximum atomic E-state index is 13.5. The molecule has 0 aliphatic carbocycles. The minimum absolute atomic E-state index is 0.0577. The second-order valence-corrected chi connectivity index (χ2v) is 9.26. The molecule has 1 saturated heterocycles. The van der Waals surface area contributed by atoms with Gasteiger partial charge < -0.3 is 14.6 Å². The Hall–Kier alpha value is -2.40. The molecule has 160 valence electrons. The van der Waals surface area contributed by atoms with E-state index >= 15 is 0 Å². The maximum absolute atomic E-state index is 13.5. The van der Waals surface area contributed by atoms with Crippen molar-refractivity contribution in [3.05, 3.63) is 64.5 Å². The Morgan fingerprint density at radius 3 is 2.70 bits per heavy atom. The van der Waals surface area contributed by atoms with Gasteiger partial charge in [0.25, 0.3) is 0 Å². The molecule has 0 saturated carbocycles. The molecular formula is C25H29FO4. The van der Waals surface area contributed by atoms with Gasteiger partial charge in [-0.25, -0.2) is 4.39 Å². The molecule has 2 heterocycles. The van der Waals surface area contributed by atoms with Crippen LogP contribution in [0.2, 0.25) is 0 Å². The lowest BCUT2D eigenvalue weighted by molar-refractivity contribution is -0.188. The topological polar surface area (TPSA) is 55.8 Å². The second-order valence-electron chi connectivity index (χ2n) is 9.26.